The van der Waals surface area contributed by atoms with Crippen molar-refractivity contribution in [1.29, 1.82) is 0 Å². The van der Waals surface area contributed by atoms with E-state index in [0.717, 1.165) is 25.8 Å². The number of aromatic nitrogens is 3. The zero-order valence-electron chi connectivity index (χ0n) is 60.6. The van der Waals surface area contributed by atoms with Crippen LogP contribution in [0.4, 0.5) is 0 Å². The summed E-state index contributed by atoms with van der Waals surface area (Å²) in [5.41, 5.74) is -9.02. The van der Waals surface area contributed by atoms with Gasteiger partial charge in [0.1, 0.15) is 0 Å². The minimum atomic E-state index is -1.12. The zero-order valence-corrected chi connectivity index (χ0v) is 28.6. The lowest BCUT2D eigenvalue weighted by Gasteiger charge is -2.21. The molecule has 0 radical (unpaired) electrons. The van der Waals surface area contributed by atoms with Crippen molar-refractivity contribution in [2.24, 2.45) is 0 Å². The van der Waals surface area contributed by atoms with Gasteiger partial charge >= 0.3 is 0 Å². The maximum atomic E-state index is 10.2. The smallest absolute Gasteiger partial charge is 0.0782 e. The number of hydrogen-bond donors (Lipinski definition) is 0. The summed E-state index contributed by atoms with van der Waals surface area (Å²) in [4.78, 5) is 0. The van der Waals surface area contributed by atoms with Crippen LogP contribution in [0.15, 0.2) is 212 Å². The van der Waals surface area contributed by atoms with Crippen LogP contribution in [0.3, 0.4) is 0 Å². The molecule has 9 aromatic carbocycles. The van der Waals surface area contributed by atoms with Crippen LogP contribution in [0.2, 0.25) is 0 Å². The molecule has 0 bridgehead atoms. The molecule has 3 heteroatoms. The fourth-order valence-electron chi connectivity index (χ4n) is 7.38. The van der Waals surface area contributed by atoms with E-state index in [-0.39, 0.29) is 0 Å². The molecule has 3 nitrogen and oxygen atoms in total. The number of hydrogen-bond acceptors (Lipinski definition) is 0. The first-order valence-electron chi connectivity index (χ1n) is 33.0. The van der Waals surface area contributed by atoms with Crippen LogP contribution in [-0.4, -0.2) is 13.7 Å². The Labute approximate surface area is 374 Å². The molecule has 266 valence electrons. The molecule has 0 aliphatic rings. The van der Waals surface area contributed by atoms with Crippen molar-refractivity contribution in [2.75, 3.05) is 0 Å². The quantitative estimate of drug-likeness (QED) is 0.166. The van der Waals surface area contributed by atoms with E-state index < -0.39 is 298 Å². The number of benzene rings is 9. The second-order valence-corrected chi connectivity index (χ2v) is 12.5. The lowest BCUT2D eigenvalue weighted by atomic mass is 9.95. The van der Waals surface area contributed by atoms with Crippen LogP contribution in [0.25, 0.3) is 105 Å². The van der Waals surface area contributed by atoms with E-state index in [1.165, 1.54) is 6.07 Å². The third-order valence-electron chi connectivity index (χ3n) is 9.62. The van der Waals surface area contributed by atoms with Crippen LogP contribution >= 0.6 is 0 Å². The summed E-state index contributed by atoms with van der Waals surface area (Å²) < 4.78 is 297. The topological polar surface area (TPSA) is 14.8 Å². The Morgan fingerprint density at radius 3 is 1.35 bits per heavy atom. The predicted molar refractivity (Wildman–Crippen MR) is 240 cm³/mol. The molecule has 0 spiro atoms. The van der Waals surface area contributed by atoms with Gasteiger partial charge in [0.25, 0.3) is 0 Å². The molecule has 0 saturated heterocycles. The van der Waals surface area contributed by atoms with Gasteiger partial charge in [0, 0.05) is 49.1 Å². The van der Waals surface area contributed by atoms with Gasteiger partial charge in [-0.25, -0.2) is 0 Å². The molecule has 12 rings (SSSR count). The Bertz CT molecular complexity index is 5180. The molecule has 0 fully saturated rings. The molecular weight excluding hydrogens is 691 g/mol. The standard InChI is InChI=1S/C54H35N3/c1-3-17-36(18-4-1)39-25-15-26-40(37-19-5-2-6-20-37)53(39)57-50-31-14-9-23-43(50)45-27-16-32-52(54(45)57)56-49-30-13-10-24-44(49)46-35-38(33-34-51(46)56)55-47-28-11-7-21-41(47)42-22-8-12-29-48(42)55/h1-35H/i1D,2D,3D,4D,5D,6D,7D,8D,9D,10D,11D,12D,13D,14D,16D,17D,18D,19D,20D,21D,22D,23D,24D,27D,28D,29D,30D,31D,32D,33D,34D,35D. The summed E-state index contributed by atoms with van der Waals surface area (Å²) >= 11 is 0. The minimum absolute atomic E-state index is 0.504. The highest BCUT2D eigenvalue weighted by Crippen LogP contribution is 2.45. The number of rotatable bonds is 5. The zero-order chi connectivity index (χ0) is 65.3. The average Bonchev–Trinajstić information content (AvgIpc) is 1.54. The molecule has 12 aromatic rings. The highest BCUT2D eigenvalue weighted by molar-refractivity contribution is 6.16. The lowest BCUT2D eigenvalue weighted by molar-refractivity contribution is 1.13. The second kappa shape index (κ2) is 12.5. The third-order valence-corrected chi connectivity index (χ3v) is 9.62. The monoisotopic (exact) mass is 757 g/mol. The molecule has 0 unspecified atom stereocenters. The maximum absolute atomic E-state index is 10.2. The minimum Gasteiger partial charge on any atom is -0.309 e. The summed E-state index contributed by atoms with van der Waals surface area (Å²) in [6, 6.07) is -26.8. The van der Waals surface area contributed by atoms with Gasteiger partial charge in [0.05, 0.1) is 88.3 Å². The lowest BCUT2D eigenvalue weighted by Crippen LogP contribution is -2.04. The first kappa shape index (κ1) is 13.5. The molecule has 0 aliphatic heterocycles. The molecule has 0 amide bonds. The molecule has 0 atom stereocenters. The molecule has 0 saturated carbocycles. The normalized spacial score (nSPS) is 19.7. The molecule has 3 heterocycles. The molecular formula is C54H35N3. The van der Waals surface area contributed by atoms with E-state index in [2.05, 4.69) is 0 Å². The van der Waals surface area contributed by atoms with Crippen molar-refractivity contribution in [2.45, 2.75) is 0 Å². The van der Waals surface area contributed by atoms with Crippen molar-refractivity contribution in [1.82, 2.24) is 13.7 Å². The summed E-state index contributed by atoms with van der Waals surface area (Å²) in [6.07, 6.45) is 0. The van der Waals surface area contributed by atoms with E-state index >= 15 is 0 Å². The van der Waals surface area contributed by atoms with Crippen molar-refractivity contribution >= 4 is 65.4 Å². The first-order chi connectivity index (χ1) is 41.6. The predicted octanol–water partition coefficient (Wildman–Crippen LogP) is 14.3. The Kier molecular flexibility index (Phi) is 2.96. The Morgan fingerprint density at radius 1 is 0.333 bits per heavy atom. The van der Waals surface area contributed by atoms with Gasteiger partial charge in [-0.15, -0.1) is 0 Å². The summed E-state index contributed by atoms with van der Waals surface area (Å²) in [6.45, 7) is 0. The highest BCUT2D eigenvalue weighted by atomic mass is 15.1. The Balaban J connectivity index is 1.42. The van der Waals surface area contributed by atoms with E-state index in [1.807, 2.05) is 0 Å². The van der Waals surface area contributed by atoms with E-state index in [9.17, 15) is 21.9 Å². The molecule has 3 aromatic heterocycles. The summed E-state index contributed by atoms with van der Waals surface area (Å²) in [5.74, 6) is 0. The van der Waals surface area contributed by atoms with Gasteiger partial charge in [-0.1, -0.05) is 163 Å². The fraction of sp³-hybridized carbons (Fsp3) is 0. The number of fused-ring (bicyclic) bond motifs is 9. The van der Waals surface area contributed by atoms with Gasteiger partial charge in [0.15, 0.2) is 0 Å². The van der Waals surface area contributed by atoms with Gasteiger partial charge < -0.3 is 13.7 Å². The Hall–Kier alpha value is -7.62. The van der Waals surface area contributed by atoms with Gasteiger partial charge in [-0.3, -0.25) is 0 Å². The first-order valence-corrected chi connectivity index (χ1v) is 17.0. The van der Waals surface area contributed by atoms with Crippen LogP contribution in [0.1, 0.15) is 43.9 Å². The van der Waals surface area contributed by atoms with Crippen molar-refractivity contribution in [3.63, 3.8) is 0 Å². The van der Waals surface area contributed by atoms with E-state index in [1.54, 1.807) is 0 Å². The number of para-hydroxylation sites is 6. The maximum Gasteiger partial charge on any atom is 0.0782 e. The summed E-state index contributed by atoms with van der Waals surface area (Å²) in [5, 5.41) is -3.78. The van der Waals surface area contributed by atoms with Crippen LogP contribution in [0.5, 0.6) is 0 Å². The molecule has 0 aliphatic carbocycles. The van der Waals surface area contributed by atoms with E-state index in [0.29, 0.717) is 0 Å². The SMILES string of the molecule is [2H]c1c([2H])c([2H])c(-c2cccc(-c3c([2H])c([2H])c([2H])c([2H])c3[2H])c2-n2c3c([2H])c([2H])c([2H])c([2H])c3c3c([2H])c([2H])c([2H])c(-n4c5c([2H])c([2H])c([2H])c([2H])c5c5c([2H])c(-n6c7c([2H])c([2H])c([2H])c([2H])c7c7c([2H])c([2H])c([2H])c([2H])c76)c([2H])c([2H])c54)c32)c([2H])c1[2H]. The molecule has 57 heavy (non-hydrogen) atoms. The Morgan fingerprint density at radius 2 is 0.772 bits per heavy atom. The largest absolute Gasteiger partial charge is 0.309 e. The highest BCUT2D eigenvalue weighted by Gasteiger charge is 2.24. The fourth-order valence-corrected chi connectivity index (χ4v) is 7.38. The van der Waals surface area contributed by atoms with Crippen molar-refractivity contribution < 1.29 is 43.9 Å². The summed E-state index contributed by atoms with van der Waals surface area (Å²) in [7, 11) is 0. The molecule has 0 N–H and O–H groups in total. The van der Waals surface area contributed by atoms with Crippen LogP contribution < -0.4 is 0 Å². The number of nitrogens with zero attached hydrogens (tertiary/aromatic N) is 3. The third kappa shape index (κ3) is 4.66. The van der Waals surface area contributed by atoms with Gasteiger partial charge in [-0.2, -0.15) is 0 Å². The second-order valence-electron chi connectivity index (χ2n) is 12.5. The average molecular weight is 758 g/mol. The van der Waals surface area contributed by atoms with Crippen LogP contribution in [0, 0.1) is 0 Å². The van der Waals surface area contributed by atoms with Crippen LogP contribution in [-0.2, 0) is 0 Å². The van der Waals surface area contributed by atoms with E-state index in [4.69, 9.17) is 21.9 Å². The van der Waals surface area contributed by atoms with Crippen molar-refractivity contribution in [3.8, 4) is 39.3 Å². The van der Waals surface area contributed by atoms with Gasteiger partial charge in [-0.05, 0) is 59.5 Å². The van der Waals surface area contributed by atoms with Gasteiger partial charge in [0.2, 0.25) is 0 Å². The van der Waals surface area contributed by atoms with Crippen molar-refractivity contribution in [3.05, 3.63) is 212 Å².